The molecule has 1 rings (SSSR count). The summed E-state index contributed by atoms with van der Waals surface area (Å²) in [5.74, 6) is 0. The number of allylic oxidation sites excluding steroid dienone is 1. The minimum absolute atomic E-state index is 0.621. The Kier molecular flexibility index (Phi) is 4.50. The van der Waals surface area contributed by atoms with Crippen LogP contribution in [0.1, 0.15) is 25.3 Å². The summed E-state index contributed by atoms with van der Waals surface area (Å²) < 4.78 is 0. The molecule has 1 aromatic carbocycles. The van der Waals surface area contributed by atoms with Crippen molar-refractivity contribution in [3.8, 4) is 0 Å². The lowest BCUT2D eigenvalue weighted by Crippen LogP contribution is -1.86. The number of rotatable bonds is 4. The lowest BCUT2D eigenvalue weighted by atomic mass is 10.1. The molecule has 0 saturated heterocycles. The van der Waals surface area contributed by atoms with Crippen LogP contribution in [0.5, 0.6) is 0 Å². The van der Waals surface area contributed by atoms with Gasteiger partial charge in [0.05, 0.1) is 10.0 Å². The largest absolute Gasteiger partial charge is 0.100 e. The molecule has 0 bridgehead atoms. The quantitative estimate of drug-likeness (QED) is 0.644. The van der Waals surface area contributed by atoms with Gasteiger partial charge >= 0.3 is 0 Å². The number of benzene rings is 1. The maximum atomic E-state index is 5.91. The topological polar surface area (TPSA) is 0 Å². The molecule has 0 atom stereocenters. The SMILES string of the molecule is C=C(C)CCCc1ccc(Cl)c(Cl)c1. The maximum absolute atomic E-state index is 5.91. The maximum Gasteiger partial charge on any atom is 0.0595 e. The lowest BCUT2D eigenvalue weighted by molar-refractivity contribution is 0.814. The van der Waals surface area contributed by atoms with Gasteiger partial charge in [0.25, 0.3) is 0 Å². The Balaban J connectivity index is 2.51. The van der Waals surface area contributed by atoms with Crippen LogP contribution in [-0.4, -0.2) is 0 Å². The predicted molar refractivity (Wildman–Crippen MR) is 64.2 cm³/mol. The summed E-state index contributed by atoms with van der Waals surface area (Å²) in [5, 5.41) is 1.26. The van der Waals surface area contributed by atoms with E-state index in [1.165, 1.54) is 11.1 Å². The molecule has 0 unspecified atom stereocenters. The Morgan fingerprint density at radius 2 is 2.00 bits per heavy atom. The average molecular weight is 229 g/mol. The van der Waals surface area contributed by atoms with Crippen LogP contribution in [-0.2, 0) is 6.42 Å². The van der Waals surface area contributed by atoms with Crippen molar-refractivity contribution in [3.63, 3.8) is 0 Å². The van der Waals surface area contributed by atoms with E-state index in [9.17, 15) is 0 Å². The first-order valence-corrected chi connectivity index (χ1v) is 5.43. The van der Waals surface area contributed by atoms with E-state index in [2.05, 4.69) is 13.5 Å². The summed E-state index contributed by atoms with van der Waals surface area (Å²) in [4.78, 5) is 0. The van der Waals surface area contributed by atoms with Gasteiger partial charge in [-0.15, -0.1) is 6.58 Å². The van der Waals surface area contributed by atoms with Crippen molar-refractivity contribution in [3.05, 3.63) is 46.0 Å². The average Bonchev–Trinajstić information content (AvgIpc) is 2.10. The molecule has 1 aromatic rings. The van der Waals surface area contributed by atoms with E-state index in [0.29, 0.717) is 10.0 Å². The molecule has 2 heteroatoms. The van der Waals surface area contributed by atoms with E-state index in [0.717, 1.165) is 19.3 Å². The fourth-order valence-electron chi connectivity index (χ4n) is 1.29. The standard InChI is InChI=1S/C12H14Cl2/c1-9(2)4-3-5-10-6-7-11(13)12(14)8-10/h6-8H,1,3-5H2,2H3. The van der Waals surface area contributed by atoms with Crippen LogP contribution < -0.4 is 0 Å². The number of aryl methyl sites for hydroxylation is 1. The molecule has 0 nitrogen and oxygen atoms in total. The van der Waals surface area contributed by atoms with E-state index in [-0.39, 0.29) is 0 Å². The number of hydrogen-bond donors (Lipinski definition) is 0. The summed E-state index contributed by atoms with van der Waals surface area (Å²) in [5.41, 5.74) is 2.46. The molecule has 0 spiro atoms. The van der Waals surface area contributed by atoms with E-state index >= 15 is 0 Å². The summed E-state index contributed by atoms with van der Waals surface area (Å²) in [6.07, 6.45) is 3.22. The zero-order valence-corrected chi connectivity index (χ0v) is 9.83. The van der Waals surface area contributed by atoms with Gasteiger partial charge in [0.2, 0.25) is 0 Å². The second-order valence-corrected chi connectivity index (χ2v) is 4.37. The molecule has 0 aliphatic rings. The summed E-state index contributed by atoms with van der Waals surface area (Å²) in [6, 6.07) is 5.80. The van der Waals surface area contributed by atoms with Crippen molar-refractivity contribution in [2.45, 2.75) is 26.2 Å². The first kappa shape index (κ1) is 11.6. The van der Waals surface area contributed by atoms with Crippen LogP contribution in [0.2, 0.25) is 10.0 Å². The fraction of sp³-hybridized carbons (Fsp3) is 0.333. The summed E-state index contributed by atoms with van der Waals surface area (Å²) in [7, 11) is 0. The molecule has 0 aliphatic heterocycles. The van der Waals surface area contributed by atoms with Gasteiger partial charge in [-0.25, -0.2) is 0 Å². The van der Waals surface area contributed by atoms with Crippen molar-refractivity contribution in [1.29, 1.82) is 0 Å². The minimum Gasteiger partial charge on any atom is -0.100 e. The first-order valence-electron chi connectivity index (χ1n) is 4.68. The Morgan fingerprint density at radius 3 is 2.57 bits per heavy atom. The molecule has 0 aliphatic carbocycles. The molecule has 0 fully saturated rings. The fourth-order valence-corrected chi connectivity index (χ4v) is 1.61. The molecule has 0 saturated carbocycles. The first-order chi connectivity index (χ1) is 6.59. The highest BCUT2D eigenvalue weighted by Gasteiger charge is 1.99. The van der Waals surface area contributed by atoms with Crippen LogP contribution in [0.3, 0.4) is 0 Å². The van der Waals surface area contributed by atoms with Gasteiger partial charge in [-0.3, -0.25) is 0 Å². The van der Waals surface area contributed by atoms with Crippen molar-refractivity contribution in [2.75, 3.05) is 0 Å². The number of halogens is 2. The molecular weight excluding hydrogens is 215 g/mol. The van der Waals surface area contributed by atoms with Gasteiger partial charge in [-0.2, -0.15) is 0 Å². The molecule has 0 radical (unpaired) electrons. The van der Waals surface area contributed by atoms with E-state index < -0.39 is 0 Å². The van der Waals surface area contributed by atoms with Gasteiger partial charge in [0.15, 0.2) is 0 Å². The Bertz CT molecular complexity index is 329. The summed E-state index contributed by atoms with van der Waals surface area (Å²) in [6.45, 7) is 5.92. The molecule has 0 N–H and O–H groups in total. The van der Waals surface area contributed by atoms with Gasteiger partial charge in [-0.1, -0.05) is 34.8 Å². The minimum atomic E-state index is 0.621. The zero-order valence-electron chi connectivity index (χ0n) is 8.32. The summed E-state index contributed by atoms with van der Waals surface area (Å²) >= 11 is 11.7. The molecule has 0 aromatic heterocycles. The smallest absolute Gasteiger partial charge is 0.0595 e. The highest BCUT2D eigenvalue weighted by Crippen LogP contribution is 2.23. The molecule has 76 valence electrons. The van der Waals surface area contributed by atoms with E-state index in [1.54, 1.807) is 0 Å². The van der Waals surface area contributed by atoms with E-state index in [1.807, 2.05) is 18.2 Å². The van der Waals surface area contributed by atoms with Crippen molar-refractivity contribution in [1.82, 2.24) is 0 Å². The van der Waals surface area contributed by atoms with Crippen LogP contribution in [0.4, 0.5) is 0 Å². The van der Waals surface area contributed by atoms with Gasteiger partial charge in [0, 0.05) is 0 Å². The Hall–Kier alpha value is -0.460. The van der Waals surface area contributed by atoms with Crippen molar-refractivity contribution >= 4 is 23.2 Å². The van der Waals surface area contributed by atoms with Gasteiger partial charge in [0.1, 0.15) is 0 Å². The van der Waals surface area contributed by atoms with Crippen LogP contribution in [0.15, 0.2) is 30.4 Å². The molecule has 0 amide bonds. The van der Waals surface area contributed by atoms with Crippen LogP contribution >= 0.6 is 23.2 Å². The third-order valence-corrected chi connectivity index (χ3v) is 2.79. The predicted octanol–water partition coefficient (Wildman–Crippen LogP) is 4.89. The highest BCUT2D eigenvalue weighted by molar-refractivity contribution is 6.42. The Labute approximate surface area is 95.5 Å². The lowest BCUT2D eigenvalue weighted by Gasteiger charge is -2.03. The highest BCUT2D eigenvalue weighted by atomic mass is 35.5. The van der Waals surface area contributed by atoms with Gasteiger partial charge in [-0.05, 0) is 43.9 Å². The van der Waals surface area contributed by atoms with Crippen molar-refractivity contribution < 1.29 is 0 Å². The van der Waals surface area contributed by atoms with Crippen LogP contribution in [0, 0.1) is 0 Å². The molecule has 0 heterocycles. The second-order valence-electron chi connectivity index (χ2n) is 3.56. The third-order valence-electron chi connectivity index (χ3n) is 2.05. The normalized spacial score (nSPS) is 10.2. The van der Waals surface area contributed by atoms with Crippen LogP contribution in [0.25, 0.3) is 0 Å². The molecular formula is C12H14Cl2. The Morgan fingerprint density at radius 1 is 1.29 bits per heavy atom. The van der Waals surface area contributed by atoms with E-state index in [4.69, 9.17) is 23.2 Å². The monoisotopic (exact) mass is 228 g/mol. The van der Waals surface area contributed by atoms with Crippen molar-refractivity contribution in [2.24, 2.45) is 0 Å². The zero-order chi connectivity index (χ0) is 10.6. The van der Waals surface area contributed by atoms with Gasteiger partial charge < -0.3 is 0 Å². The number of hydrogen-bond acceptors (Lipinski definition) is 0. The third kappa shape index (κ3) is 3.73. The second kappa shape index (κ2) is 5.43. The molecule has 14 heavy (non-hydrogen) atoms.